The largest absolute Gasteiger partial charge is 0.459 e. The molecule has 1 aliphatic rings. The fourth-order valence-electron chi connectivity index (χ4n) is 1.61. The minimum Gasteiger partial charge on any atom is -0.459 e. The number of hydrogen-bond acceptors (Lipinski definition) is 5. The fraction of sp³-hybridized carbons (Fsp3) is 0.200. The van der Waals surface area contributed by atoms with Gasteiger partial charge >= 0.3 is 5.97 Å². The third-order valence-corrected chi connectivity index (χ3v) is 4.64. The van der Waals surface area contributed by atoms with E-state index in [0.29, 0.717) is 4.24 Å². The number of amides is 1. The molecule has 1 amide bonds. The Bertz CT molecular complexity index is 646. The Morgan fingerprint density at radius 2 is 1.82 bits per heavy atom. The van der Waals surface area contributed by atoms with E-state index in [-0.39, 0.29) is 17.4 Å². The molecular formula is C15H14FNO3S2. The summed E-state index contributed by atoms with van der Waals surface area (Å²) in [7, 11) is 0. The molecule has 1 N–H and O–H groups in total. The second kappa shape index (κ2) is 7.51. The van der Waals surface area contributed by atoms with Crippen molar-refractivity contribution in [3.63, 3.8) is 0 Å². The van der Waals surface area contributed by atoms with Gasteiger partial charge in [0.2, 0.25) is 0 Å². The van der Waals surface area contributed by atoms with Crippen molar-refractivity contribution < 1.29 is 18.7 Å². The quantitative estimate of drug-likeness (QED) is 0.390. The number of thioether (sulfide) groups is 2. The lowest BCUT2D eigenvalue weighted by Crippen LogP contribution is -2.25. The summed E-state index contributed by atoms with van der Waals surface area (Å²) in [6, 6.07) is 5.77. The zero-order valence-electron chi connectivity index (χ0n) is 12.0. The molecule has 0 spiro atoms. The summed E-state index contributed by atoms with van der Waals surface area (Å²) >= 11 is 2.51. The number of esters is 1. The molecule has 22 heavy (non-hydrogen) atoms. The van der Waals surface area contributed by atoms with Crippen molar-refractivity contribution in [2.24, 2.45) is 0 Å². The van der Waals surface area contributed by atoms with Gasteiger partial charge in [-0.05, 0) is 36.8 Å². The van der Waals surface area contributed by atoms with Gasteiger partial charge in [-0.15, -0.1) is 0 Å². The van der Waals surface area contributed by atoms with Gasteiger partial charge in [0.05, 0.1) is 16.0 Å². The van der Waals surface area contributed by atoms with Gasteiger partial charge in [-0.1, -0.05) is 35.7 Å². The number of hydrogen-bond donors (Lipinski definition) is 1. The molecule has 0 aliphatic carbocycles. The summed E-state index contributed by atoms with van der Waals surface area (Å²) in [4.78, 5) is 24.6. The van der Waals surface area contributed by atoms with Crippen molar-refractivity contribution in [1.82, 2.24) is 0 Å². The number of carbonyl (C=O) groups is 2. The zero-order valence-corrected chi connectivity index (χ0v) is 13.6. The predicted octanol–water partition coefficient (Wildman–Crippen LogP) is 3.88. The van der Waals surface area contributed by atoms with E-state index in [4.69, 9.17) is 4.74 Å². The van der Waals surface area contributed by atoms with Crippen molar-refractivity contribution in [1.29, 1.82) is 0 Å². The van der Waals surface area contributed by atoms with Gasteiger partial charge in [0.1, 0.15) is 11.4 Å². The molecule has 1 aliphatic heterocycles. The molecule has 4 nitrogen and oxygen atoms in total. The molecule has 0 aromatic heterocycles. The van der Waals surface area contributed by atoms with Crippen LogP contribution in [0.1, 0.15) is 13.8 Å². The Morgan fingerprint density at radius 1 is 1.18 bits per heavy atom. The summed E-state index contributed by atoms with van der Waals surface area (Å²) in [5, 5.41) is 5.94. The number of rotatable bonds is 4. The highest BCUT2D eigenvalue weighted by molar-refractivity contribution is 8.27. The highest BCUT2D eigenvalue weighted by Crippen LogP contribution is 2.40. The lowest BCUT2D eigenvalue weighted by molar-refractivity contribution is -0.143. The first-order valence-corrected chi connectivity index (χ1v) is 8.24. The molecule has 7 heteroatoms. The summed E-state index contributed by atoms with van der Waals surface area (Å²) in [5.74, 6) is -1.97. The van der Waals surface area contributed by atoms with Crippen LogP contribution in [-0.2, 0) is 14.3 Å². The minimum atomic E-state index is -0.720. The van der Waals surface area contributed by atoms with Crippen LogP contribution in [0.4, 0.5) is 10.1 Å². The topological polar surface area (TPSA) is 55.4 Å². The maximum absolute atomic E-state index is 13.6. The van der Waals surface area contributed by atoms with E-state index < -0.39 is 17.7 Å². The van der Waals surface area contributed by atoms with Gasteiger partial charge in [-0.25, -0.2) is 9.18 Å². The number of nitrogens with one attached hydrogen (secondary N) is 1. The van der Waals surface area contributed by atoms with Crippen LogP contribution in [0.3, 0.4) is 0 Å². The molecule has 1 aromatic carbocycles. The normalized spacial score (nSPS) is 13.4. The van der Waals surface area contributed by atoms with E-state index in [1.54, 1.807) is 30.7 Å². The Kier molecular flexibility index (Phi) is 5.68. The lowest BCUT2D eigenvalue weighted by atomic mass is 10.2. The average molecular weight is 339 g/mol. The van der Waals surface area contributed by atoms with Crippen molar-refractivity contribution in [3.8, 4) is 0 Å². The van der Waals surface area contributed by atoms with Gasteiger partial charge in [0, 0.05) is 0 Å². The van der Waals surface area contributed by atoms with E-state index in [2.05, 4.69) is 5.32 Å². The molecule has 0 atom stereocenters. The van der Waals surface area contributed by atoms with Gasteiger partial charge in [-0.3, -0.25) is 4.79 Å². The Hall–Kier alpha value is -1.73. The SMILES string of the molecule is CC(C)OC(=O)C(C(=O)Nc1ccccc1F)=C1SC=CS1. The number of benzene rings is 1. The second-order valence-corrected chi connectivity index (χ2v) is 6.65. The molecule has 0 unspecified atom stereocenters. The first-order chi connectivity index (χ1) is 10.5. The van der Waals surface area contributed by atoms with Crippen molar-refractivity contribution in [2.45, 2.75) is 20.0 Å². The van der Waals surface area contributed by atoms with Crippen LogP contribution in [0.25, 0.3) is 0 Å². The Balaban J connectivity index is 2.26. The smallest absolute Gasteiger partial charge is 0.345 e. The van der Waals surface area contributed by atoms with Crippen LogP contribution in [0.5, 0.6) is 0 Å². The molecule has 116 valence electrons. The monoisotopic (exact) mass is 339 g/mol. The van der Waals surface area contributed by atoms with Crippen molar-refractivity contribution >= 4 is 41.1 Å². The summed E-state index contributed by atoms with van der Waals surface area (Å²) in [6.07, 6.45) is -0.353. The Morgan fingerprint density at radius 3 is 2.41 bits per heavy atom. The Labute approximate surface area is 136 Å². The van der Waals surface area contributed by atoms with E-state index in [0.717, 1.165) is 0 Å². The van der Waals surface area contributed by atoms with Gasteiger partial charge < -0.3 is 10.1 Å². The summed E-state index contributed by atoms with van der Waals surface area (Å²) < 4.78 is 19.3. The summed E-state index contributed by atoms with van der Waals surface area (Å²) in [6.45, 7) is 3.39. The molecular weight excluding hydrogens is 325 g/mol. The zero-order chi connectivity index (χ0) is 16.1. The lowest BCUT2D eigenvalue weighted by Gasteiger charge is -2.13. The molecule has 0 saturated heterocycles. The van der Waals surface area contributed by atoms with Gasteiger partial charge in [0.25, 0.3) is 5.91 Å². The van der Waals surface area contributed by atoms with Crippen LogP contribution >= 0.6 is 23.5 Å². The van der Waals surface area contributed by atoms with Crippen LogP contribution in [-0.4, -0.2) is 18.0 Å². The first kappa shape index (κ1) is 16.6. The van der Waals surface area contributed by atoms with E-state index in [9.17, 15) is 14.0 Å². The first-order valence-electron chi connectivity index (χ1n) is 6.48. The molecule has 0 radical (unpaired) electrons. The van der Waals surface area contributed by atoms with Crippen LogP contribution in [0, 0.1) is 5.82 Å². The number of anilines is 1. The standard InChI is InChI=1S/C15H14FNO3S2/c1-9(2)20-14(19)12(15-21-7-8-22-15)13(18)17-11-6-4-3-5-10(11)16/h3-9H,1-2H3,(H,17,18). The fourth-order valence-corrected chi connectivity index (χ4v) is 3.45. The maximum Gasteiger partial charge on any atom is 0.345 e. The number of carbonyl (C=O) groups excluding carboxylic acids is 2. The third kappa shape index (κ3) is 4.14. The maximum atomic E-state index is 13.6. The van der Waals surface area contributed by atoms with Crippen LogP contribution in [0.2, 0.25) is 0 Å². The van der Waals surface area contributed by atoms with E-state index in [1.165, 1.54) is 41.7 Å². The molecule has 1 heterocycles. The summed E-state index contributed by atoms with van der Waals surface area (Å²) in [5.41, 5.74) is -0.0964. The van der Waals surface area contributed by atoms with Gasteiger partial charge in [-0.2, -0.15) is 0 Å². The predicted molar refractivity (Wildman–Crippen MR) is 87.6 cm³/mol. The second-order valence-electron chi connectivity index (χ2n) is 4.56. The van der Waals surface area contributed by atoms with Crippen LogP contribution in [0.15, 0.2) is 44.9 Å². The van der Waals surface area contributed by atoms with E-state index >= 15 is 0 Å². The minimum absolute atomic E-state index is 0.0175. The van der Waals surface area contributed by atoms with E-state index in [1.807, 2.05) is 0 Å². The molecule has 1 aromatic rings. The van der Waals surface area contributed by atoms with Crippen molar-refractivity contribution in [2.75, 3.05) is 5.32 Å². The molecule has 2 rings (SSSR count). The number of para-hydroxylation sites is 1. The molecule has 0 fully saturated rings. The van der Waals surface area contributed by atoms with Crippen LogP contribution < -0.4 is 5.32 Å². The van der Waals surface area contributed by atoms with Crippen molar-refractivity contribution in [3.05, 3.63) is 50.7 Å². The molecule has 0 bridgehead atoms. The highest BCUT2D eigenvalue weighted by Gasteiger charge is 2.27. The molecule has 0 saturated carbocycles. The highest BCUT2D eigenvalue weighted by atomic mass is 32.2. The number of halogens is 1. The number of ether oxygens (including phenoxy) is 1. The average Bonchev–Trinajstić information content (AvgIpc) is 2.94. The third-order valence-electron chi connectivity index (χ3n) is 2.51. The van der Waals surface area contributed by atoms with Gasteiger partial charge in [0.15, 0.2) is 0 Å².